The van der Waals surface area contributed by atoms with E-state index >= 15 is 0 Å². The lowest BCUT2D eigenvalue weighted by Gasteiger charge is -2.45. The number of piperazine rings is 1. The molecule has 1 saturated heterocycles. The molecule has 2 heterocycles. The highest BCUT2D eigenvalue weighted by molar-refractivity contribution is 6.01. The zero-order valence-electron chi connectivity index (χ0n) is 23.8. The molecule has 2 aliphatic rings. The summed E-state index contributed by atoms with van der Waals surface area (Å²) in [4.78, 5) is 44.0. The molecule has 0 bridgehead atoms. The first-order valence-corrected chi connectivity index (χ1v) is 13.9. The van der Waals surface area contributed by atoms with Crippen LogP contribution in [0.4, 0.5) is 0 Å². The average Bonchev–Trinajstić information content (AvgIpc) is 3.45. The van der Waals surface area contributed by atoms with Gasteiger partial charge in [0, 0.05) is 13.5 Å². The number of nitrogens with one attached hydrogen (secondary N) is 1. The Hall–Kier alpha value is -3.55. The van der Waals surface area contributed by atoms with E-state index in [4.69, 9.17) is 0 Å². The van der Waals surface area contributed by atoms with Gasteiger partial charge in [-0.05, 0) is 65.3 Å². The number of rotatable bonds is 7. The van der Waals surface area contributed by atoms with E-state index in [9.17, 15) is 14.4 Å². The summed E-state index contributed by atoms with van der Waals surface area (Å²) >= 11 is 0. The Morgan fingerprint density at radius 1 is 1.08 bits per heavy atom. The average molecular weight is 530 g/mol. The van der Waals surface area contributed by atoms with Crippen molar-refractivity contribution in [1.29, 1.82) is 0 Å². The first-order chi connectivity index (χ1) is 18.4. The number of carbonyl (C=O) groups is 3. The van der Waals surface area contributed by atoms with Gasteiger partial charge in [0.05, 0.1) is 5.52 Å². The zero-order chi connectivity index (χ0) is 28.1. The van der Waals surface area contributed by atoms with Crippen LogP contribution in [-0.2, 0) is 34.3 Å². The number of fused-ring (bicyclic) bond motifs is 2. The van der Waals surface area contributed by atoms with Crippen molar-refractivity contribution in [3.05, 3.63) is 59.2 Å². The van der Waals surface area contributed by atoms with Gasteiger partial charge in [0.15, 0.2) is 5.78 Å². The smallest absolute Gasteiger partial charge is 0.247 e. The molecule has 2 aromatic carbocycles. The van der Waals surface area contributed by atoms with Crippen LogP contribution >= 0.6 is 0 Å². The maximum Gasteiger partial charge on any atom is 0.247 e. The quantitative estimate of drug-likeness (QED) is 0.496. The van der Waals surface area contributed by atoms with E-state index in [0.29, 0.717) is 17.5 Å². The summed E-state index contributed by atoms with van der Waals surface area (Å²) in [6, 6.07) is 11.5. The second-order valence-corrected chi connectivity index (χ2v) is 12.9. The Balaban J connectivity index is 1.60. The van der Waals surface area contributed by atoms with Crippen LogP contribution in [-0.4, -0.2) is 49.6 Å². The highest BCUT2D eigenvalue weighted by atomic mass is 16.2. The maximum absolute atomic E-state index is 14.5. The molecule has 0 spiro atoms. The Labute approximate surface area is 230 Å². The van der Waals surface area contributed by atoms with Crippen LogP contribution in [0.3, 0.4) is 0 Å². The van der Waals surface area contributed by atoms with Crippen molar-refractivity contribution < 1.29 is 14.4 Å². The van der Waals surface area contributed by atoms with E-state index in [1.54, 1.807) is 16.6 Å². The van der Waals surface area contributed by atoms with Gasteiger partial charge in [-0.25, -0.2) is 4.68 Å². The van der Waals surface area contributed by atoms with Gasteiger partial charge >= 0.3 is 0 Å². The largest absolute Gasteiger partial charge is 0.342 e. The predicted molar refractivity (Wildman–Crippen MR) is 150 cm³/mol. The fraction of sp³-hybridized carbons (Fsp3) is 0.516. The van der Waals surface area contributed by atoms with Crippen molar-refractivity contribution in [1.82, 2.24) is 25.2 Å². The molecule has 1 aromatic heterocycles. The molecule has 0 saturated carbocycles. The number of amides is 2. The molecule has 39 heavy (non-hydrogen) atoms. The Bertz CT molecular complexity index is 1390. The number of aryl methyl sites for hydroxylation is 1. The van der Waals surface area contributed by atoms with Crippen molar-refractivity contribution in [2.45, 2.75) is 78.4 Å². The zero-order valence-corrected chi connectivity index (χ0v) is 23.8. The van der Waals surface area contributed by atoms with Crippen LogP contribution < -0.4 is 5.32 Å². The fourth-order valence-electron chi connectivity index (χ4n) is 6.21. The van der Waals surface area contributed by atoms with Gasteiger partial charge in [0.1, 0.15) is 23.6 Å². The van der Waals surface area contributed by atoms with Gasteiger partial charge in [-0.1, -0.05) is 70.2 Å². The lowest BCUT2D eigenvalue weighted by Crippen LogP contribution is -2.66. The van der Waals surface area contributed by atoms with Crippen molar-refractivity contribution in [2.75, 3.05) is 0 Å². The van der Waals surface area contributed by atoms with E-state index in [2.05, 4.69) is 27.8 Å². The van der Waals surface area contributed by atoms with Crippen LogP contribution in [0.1, 0.15) is 70.2 Å². The number of nitrogens with zero attached hydrogens (tertiary/aromatic N) is 4. The summed E-state index contributed by atoms with van der Waals surface area (Å²) in [5, 5.41) is 11.4. The summed E-state index contributed by atoms with van der Waals surface area (Å²) in [7, 11) is 1.81. The standard InChI is InChI=1S/C31H39N5O3/c1-18(2)13-25-29(38)32-27(22-14-19-9-7-8-10-20(19)15-22)30(39)36(25)28(26(37)17-31(3,4)5)21-11-12-23-24(16-21)35(6)34-33-23/h7-12,16,18,22,25,27-28H,13-15,17H2,1-6H3,(H,32,38)/t25-,27-,28-/m1/s1. The lowest BCUT2D eigenvalue weighted by atomic mass is 9.83. The van der Waals surface area contributed by atoms with E-state index in [0.717, 1.165) is 18.4 Å². The topological polar surface area (TPSA) is 97.2 Å². The van der Waals surface area contributed by atoms with Gasteiger partial charge in [-0.3, -0.25) is 14.4 Å². The number of benzene rings is 2. The maximum atomic E-state index is 14.5. The SMILES string of the molecule is CC(C)C[C@@H]1C(=O)N[C@H](C2Cc3ccccc3C2)C(=O)N1[C@@H](C(=O)CC(C)(C)C)c1ccc2nnn(C)c2c1. The molecule has 8 heteroatoms. The minimum absolute atomic E-state index is 0.0523. The van der Waals surface area contributed by atoms with E-state index in [1.807, 2.05) is 65.0 Å². The first kappa shape index (κ1) is 27.0. The van der Waals surface area contributed by atoms with Crippen LogP contribution in [0, 0.1) is 17.3 Å². The molecule has 206 valence electrons. The molecule has 2 amide bonds. The number of aromatic nitrogens is 3. The summed E-state index contributed by atoms with van der Waals surface area (Å²) < 4.78 is 1.67. The van der Waals surface area contributed by atoms with Crippen molar-refractivity contribution in [3.8, 4) is 0 Å². The third kappa shape index (κ3) is 5.34. The molecule has 0 unspecified atom stereocenters. The lowest BCUT2D eigenvalue weighted by molar-refractivity contribution is -0.157. The second kappa shape index (κ2) is 10.2. The molecule has 5 rings (SSSR count). The fourth-order valence-corrected chi connectivity index (χ4v) is 6.21. The van der Waals surface area contributed by atoms with Gasteiger partial charge in [-0.2, -0.15) is 0 Å². The van der Waals surface area contributed by atoms with Crippen molar-refractivity contribution in [2.24, 2.45) is 24.3 Å². The summed E-state index contributed by atoms with van der Waals surface area (Å²) in [6.45, 7) is 10.1. The van der Waals surface area contributed by atoms with E-state index < -0.39 is 18.1 Å². The molecule has 1 aliphatic carbocycles. The first-order valence-electron chi connectivity index (χ1n) is 13.9. The molecule has 1 fully saturated rings. The Morgan fingerprint density at radius 3 is 2.36 bits per heavy atom. The van der Waals surface area contributed by atoms with Crippen molar-refractivity contribution >= 4 is 28.6 Å². The molecular weight excluding hydrogens is 490 g/mol. The molecule has 3 aromatic rings. The molecule has 1 aliphatic heterocycles. The van der Waals surface area contributed by atoms with E-state index in [1.165, 1.54) is 11.1 Å². The number of ketones is 1. The molecule has 1 N–H and O–H groups in total. The molecule has 3 atom stereocenters. The van der Waals surface area contributed by atoms with Gasteiger partial charge in [0.2, 0.25) is 11.8 Å². The highest BCUT2D eigenvalue weighted by Gasteiger charge is 2.49. The van der Waals surface area contributed by atoms with Crippen molar-refractivity contribution in [3.63, 3.8) is 0 Å². The number of hydrogen-bond donors (Lipinski definition) is 1. The third-order valence-electron chi connectivity index (χ3n) is 7.94. The third-order valence-corrected chi connectivity index (χ3v) is 7.94. The molecule has 8 nitrogen and oxygen atoms in total. The minimum atomic E-state index is -0.878. The van der Waals surface area contributed by atoms with Gasteiger partial charge in [0.25, 0.3) is 0 Å². The normalized spacial score (nSPS) is 20.9. The second-order valence-electron chi connectivity index (χ2n) is 12.9. The number of hydrogen-bond acceptors (Lipinski definition) is 5. The minimum Gasteiger partial charge on any atom is -0.342 e. The monoisotopic (exact) mass is 529 g/mol. The van der Waals surface area contributed by atoms with Crippen LogP contribution in [0.15, 0.2) is 42.5 Å². The molecule has 0 radical (unpaired) electrons. The van der Waals surface area contributed by atoms with Gasteiger partial charge < -0.3 is 10.2 Å². The van der Waals surface area contributed by atoms with Gasteiger partial charge in [-0.15, -0.1) is 5.10 Å². The summed E-state index contributed by atoms with van der Waals surface area (Å²) in [5.74, 6) is -0.314. The summed E-state index contributed by atoms with van der Waals surface area (Å²) in [5.41, 5.74) is 4.33. The number of Topliss-reactive ketones (excluding diaryl/α,β-unsaturated/α-hetero) is 1. The highest BCUT2D eigenvalue weighted by Crippen LogP contribution is 2.37. The predicted octanol–water partition coefficient (Wildman–Crippen LogP) is 4.17. The Kier molecular flexibility index (Phi) is 7.08. The Morgan fingerprint density at radius 2 is 1.74 bits per heavy atom. The van der Waals surface area contributed by atoms with Crippen LogP contribution in [0.2, 0.25) is 0 Å². The summed E-state index contributed by atoms with van der Waals surface area (Å²) in [6.07, 6.45) is 2.20. The van der Waals surface area contributed by atoms with Crippen LogP contribution in [0.25, 0.3) is 11.0 Å². The number of carbonyl (C=O) groups excluding carboxylic acids is 3. The van der Waals surface area contributed by atoms with E-state index in [-0.39, 0.29) is 41.3 Å². The van der Waals surface area contributed by atoms with Crippen LogP contribution in [0.5, 0.6) is 0 Å². The molecular formula is C31H39N5O3.